The number of rotatable bonds is 11. The highest BCUT2D eigenvalue weighted by atomic mass is 35.5. The number of benzene rings is 4. The normalized spacial score (nSPS) is 10.9. The van der Waals surface area contributed by atoms with E-state index in [0.717, 1.165) is 18.1 Å². The summed E-state index contributed by atoms with van der Waals surface area (Å²) in [4.78, 5) is 22.4. The topological polar surface area (TPSA) is 147 Å². The van der Waals surface area contributed by atoms with Crippen molar-refractivity contribution in [1.29, 1.82) is 5.41 Å². The first kappa shape index (κ1) is 32.8. The minimum Gasteiger partial charge on any atom is -0.493 e. The second-order valence-electron chi connectivity index (χ2n) is 9.27. The molecule has 224 valence electrons. The Morgan fingerprint density at radius 2 is 1.53 bits per heavy atom. The highest BCUT2D eigenvalue weighted by Gasteiger charge is 2.22. The van der Waals surface area contributed by atoms with Gasteiger partial charge in [0, 0.05) is 34.8 Å². The molecule has 0 aliphatic heterocycles. The highest BCUT2D eigenvalue weighted by Crippen LogP contribution is 2.33. The number of nitrogens with two attached hydrogens (primary N) is 1. The van der Waals surface area contributed by atoms with Crippen molar-refractivity contribution < 1.29 is 24.2 Å². The maximum atomic E-state index is 13.4. The van der Waals surface area contributed by atoms with E-state index in [2.05, 4.69) is 10.6 Å². The summed E-state index contributed by atoms with van der Waals surface area (Å²) >= 11 is 12.2. The van der Waals surface area contributed by atoms with Gasteiger partial charge in [0.2, 0.25) is 5.91 Å². The molecule has 4 rings (SSSR count). The Hall–Kier alpha value is -4.73. The molecule has 6 N–H and O–H groups in total. The van der Waals surface area contributed by atoms with Gasteiger partial charge in [-0.15, -0.1) is 0 Å². The first-order valence-electron chi connectivity index (χ1n) is 13.0. The number of carboxylic acids is 1. The van der Waals surface area contributed by atoms with Crippen molar-refractivity contribution in [2.24, 2.45) is 5.73 Å². The van der Waals surface area contributed by atoms with Gasteiger partial charge in [0.15, 0.2) is 11.5 Å². The zero-order valence-corrected chi connectivity index (χ0v) is 25.1. The zero-order valence-electron chi connectivity index (χ0n) is 23.6. The molecular weight excluding hydrogens is 591 g/mol. The number of amides is 1. The first-order chi connectivity index (χ1) is 20.5. The molecule has 4 aromatic carbocycles. The van der Waals surface area contributed by atoms with E-state index in [9.17, 15) is 4.79 Å². The molecule has 1 amide bonds. The Labute approximate surface area is 260 Å². The van der Waals surface area contributed by atoms with Crippen LogP contribution < -0.4 is 25.8 Å². The van der Waals surface area contributed by atoms with Crippen LogP contribution in [-0.4, -0.2) is 29.9 Å². The van der Waals surface area contributed by atoms with E-state index in [1.807, 2.05) is 36.4 Å². The Bertz CT molecular complexity index is 1530. The molecule has 0 bridgehead atoms. The molecule has 0 unspecified atom stereocenters. The molecule has 9 nitrogen and oxygen atoms in total. The van der Waals surface area contributed by atoms with Crippen molar-refractivity contribution in [3.05, 3.63) is 123 Å². The molecule has 0 saturated carbocycles. The molecule has 0 spiro atoms. The van der Waals surface area contributed by atoms with Crippen LogP contribution in [0.25, 0.3) is 0 Å². The summed E-state index contributed by atoms with van der Waals surface area (Å²) in [5.74, 6) is -0.111. The number of amidine groups is 1. The number of ether oxygens (including phenoxy) is 2. The Morgan fingerprint density at radius 1 is 0.907 bits per heavy atom. The zero-order chi connectivity index (χ0) is 31.4. The first-order valence-corrected chi connectivity index (χ1v) is 13.8. The van der Waals surface area contributed by atoms with Crippen LogP contribution in [0.4, 0.5) is 5.69 Å². The van der Waals surface area contributed by atoms with E-state index in [0.29, 0.717) is 44.9 Å². The number of aliphatic carboxylic acids is 1. The third-order valence-electron chi connectivity index (χ3n) is 5.92. The lowest BCUT2D eigenvalue weighted by molar-refractivity contribution is -0.134. The molecular formula is C32H32Cl2N4O5. The van der Waals surface area contributed by atoms with Crippen molar-refractivity contribution in [2.45, 2.75) is 26.1 Å². The maximum absolute atomic E-state index is 13.4. The van der Waals surface area contributed by atoms with Crippen LogP contribution in [-0.2, 0) is 22.7 Å². The molecule has 0 fully saturated rings. The van der Waals surface area contributed by atoms with Crippen LogP contribution in [0.15, 0.2) is 91.0 Å². The average molecular weight is 624 g/mol. The van der Waals surface area contributed by atoms with Gasteiger partial charge in [0.25, 0.3) is 5.97 Å². The predicted octanol–water partition coefficient (Wildman–Crippen LogP) is 6.43. The molecule has 4 aromatic rings. The van der Waals surface area contributed by atoms with Gasteiger partial charge in [-0.25, -0.2) is 0 Å². The van der Waals surface area contributed by atoms with E-state index >= 15 is 0 Å². The van der Waals surface area contributed by atoms with Crippen molar-refractivity contribution in [3.63, 3.8) is 0 Å². The lowest BCUT2D eigenvalue weighted by atomic mass is 10.0. The second kappa shape index (κ2) is 16.1. The minimum absolute atomic E-state index is 0.0286. The van der Waals surface area contributed by atoms with Gasteiger partial charge in [-0.1, -0.05) is 59.6 Å². The number of methoxy groups -OCH3 is 1. The monoisotopic (exact) mass is 622 g/mol. The molecule has 0 aliphatic rings. The number of carbonyl (C=O) groups excluding carboxylic acids is 1. The smallest absolute Gasteiger partial charge is 0.300 e. The molecule has 0 saturated heterocycles. The van der Waals surface area contributed by atoms with Gasteiger partial charge >= 0.3 is 0 Å². The number of anilines is 1. The lowest BCUT2D eigenvalue weighted by Crippen LogP contribution is -2.33. The van der Waals surface area contributed by atoms with Gasteiger partial charge in [-0.3, -0.25) is 15.0 Å². The van der Waals surface area contributed by atoms with Crippen molar-refractivity contribution in [2.75, 3.05) is 12.4 Å². The fraction of sp³-hybridized carbons (Fsp3) is 0.156. The fourth-order valence-electron chi connectivity index (χ4n) is 3.94. The number of hydrogen-bond donors (Lipinski definition) is 5. The van der Waals surface area contributed by atoms with Crippen molar-refractivity contribution in [1.82, 2.24) is 5.32 Å². The second-order valence-corrected chi connectivity index (χ2v) is 10.1. The number of nitrogen functional groups attached to an aromatic ring is 1. The van der Waals surface area contributed by atoms with Gasteiger partial charge in [-0.05, 0) is 71.3 Å². The molecule has 0 aromatic heterocycles. The quantitative estimate of drug-likeness (QED) is 0.0956. The summed E-state index contributed by atoms with van der Waals surface area (Å²) in [5.41, 5.74) is 9.33. The third kappa shape index (κ3) is 10.6. The summed E-state index contributed by atoms with van der Waals surface area (Å²) in [5, 5.41) is 22.4. The molecule has 0 heterocycles. The van der Waals surface area contributed by atoms with Crippen LogP contribution in [0.2, 0.25) is 10.0 Å². The molecule has 0 aliphatic carbocycles. The highest BCUT2D eigenvalue weighted by molar-refractivity contribution is 6.34. The molecule has 11 heteroatoms. The maximum Gasteiger partial charge on any atom is 0.300 e. The Kier molecular flexibility index (Phi) is 12.2. The number of carbonyl (C=O) groups is 2. The van der Waals surface area contributed by atoms with Crippen molar-refractivity contribution >= 4 is 46.6 Å². The van der Waals surface area contributed by atoms with Crippen LogP contribution in [0, 0.1) is 5.41 Å². The minimum atomic E-state index is -0.833. The average Bonchev–Trinajstić information content (AvgIpc) is 2.97. The molecule has 43 heavy (non-hydrogen) atoms. The van der Waals surface area contributed by atoms with Gasteiger partial charge in [-0.2, -0.15) is 0 Å². The predicted molar refractivity (Wildman–Crippen MR) is 169 cm³/mol. The number of halogens is 2. The van der Waals surface area contributed by atoms with E-state index in [4.69, 9.17) is 53.7 Å². The SMILES string of the molecule is CC(=O)O.COc1cc([C@@H](Nc2ccc(C(=N)N)cc2)C(=O)NCc2ccccc2)ccc1OCc1cc(Cl)cc(Cl)c1. The summed E-state index contributed by atoms with van der Waals surface area (Å²) in [7, 11) is 1.54. The summed E-state index contributed by atoms with van der Waals surface area (Å²) in [6.45, 7) is 1.69. The largest absolute Gasteiger partial charge is 0.493 e. The van der Waals surface area contributed by atoms with Crippen molar-refractivity contribution in [3.8, 4) is 11.5 Å². The van der Waals surface area contributed by atoms with Crippen LogP contribution >= 0.6 is 23.2 Å². The van der Waals surface area contributed by atoms with Crippen LogP contribution in [0.5, 0.6) is 11.5 Å². The van der Waals surface area contributed by atoms with E-state index in [1.165, 1.54) is 0 Å². The Morgan fingerprint density at radius 3 is 2.12 bits per heavy atom. The number of nitrogens with one attached hydrogen (secondary N) is 3. The summed E-state index contributed by atoms with van der Waals surface area (Å²) in [6, 6.07) is 26.5. The van der Waals surface area contributed by atoms with Gasteiger partial charge in [0.1, 0.15) is 18.5 Å². The lowest BCUT2D eigenvalue weighted by Gasteiger charge is -2.22. The molecule has 1 atom stereocenters. The Balaban J connectivity index is 0.00000119. The van der Waals surface area contributed by atoms with E-state index in [1.54, 1.807) is 61.7 Å². The summed E-state index contributed by atoms with van der Waals surface area (Å²) < 4.78 is 11.6. The third-order valence-corrected chi connectivity index (χ3v) is 6.35. The fourth-order valence-corrected chi connectivity index (χ4v) is 4.51. The van der Waals surface area contributed by atoms with E-state index < -0.39 is 12.0 Å². The van der Waals surface area contributed by atoms with Gasteiger partial charge < -0.3 is 30.9 Å². The van der Waals surface area contributed by atoms with Crippen LogP contribution in [0.3, 0.4) is 0 Å². The van der Waals surface area contributed by atoms with Crippen LogP contribution in [0.1, 0.15) is 35.2 Å². The number of hydrogen-bond acceptors (Lipinski definition) is 6. The van der Waals surface area contributed by atoms with Gasteiger partial charge in [0.05, 0.1) is 7.11 Å². The van der Waals surface area contributed by atoms with E-state index in [-0.39, 0.29) is 18.3 Å². The molecule has 0 radical (unpaired) electrons. The standard InChI is InChI=1S/C30H28Cl2N4O3.C2H4O2/c1-38-27-15-22(9-12-26(27)39-18-20-13-23(31)16-24(32)14-20)28(30(37)35-17-19-5-3-2-4-6-19)36-25-10-7-21(8-11-25)29(33)34;1-2(3)4/h2-16,28,36H,17-18H2,1H3,(H3,33,34)(H,35,37);1H3,(H,3,4)/t28-;/m1./s1. The number of carboxylic acid groups (broad SMARTS) is 1. The summed E-state index contributed by atoms with van der Waals surface area (Å²) in [6.07, 6.45) is 0.